The molecule has 1 unspecified atom stereocenters. The molecule has 2 aliphatic heterocycles. The summed E-state index contributed by atoms with van der Waals surface area (Å²) in [7, 11) is 5.47. The molecule has 5 heterocycles. The van der Waals surface area contributed by atoms with Crippen molar-refractivity contribution in [1.29, 1.82) is 0 Å². The third kappa shape index (κ3) is 11.5. The number of aromatic amines is 1. The maximum absolute atomic E-state index is 13.3. The molecule has 2 aliphatic rings. The minimum atomic E-state index is -4.37. The molecule has 0 spiro atoms. The zero-order valence-corrected chi connectivity index (χ0v) is 43.7. The van der Waals surface area contributed by atoms with Gasteiger partial charge in [-0.2, -0.15) is 4.98 Å². The van der Waals surface area contributed by atoms with Crippen LogP contribution < -0.4 is 25.4 Å². The Labute approximate surface area is 426 Å². The van der Waals surface area contributed by atoms with E-state index in [2.05, 4.69) is 57.7 Å². The lowest BCUT2D eigenvalue weighted by molar-refractivity contribution is -0.0545. The van der Waals surface area contributed by atoms with Crippen molar-refractivity contribution in [2.75, 3.05) is 73.6 Å². The fraction of sp³-hybridized carbons (Fsp3) is 0.385. The Morgan fingerprint density at radius 2 is 1.47 bits per heavy atom. The maximum atomic E-state index is 13.3. The molecule has 0 aliphatic carbocycles. The molecular formula is C52H65BN9O10P. The zero-order chi connectivity index (χ0) is 51.9. The summed E-state index contributed by atoms with van der Waals surface area (Å²) in [5.41, 5.74) is 4.09. The van der Waals surface area contributed by atoms with Gasteiger partial charge in [0.1, 0.15) is 41.7 Å². The summed E-state index contributed by atoms with van der Waals surface area (Å²) < 4.78 is 60.2. The van der Waals surface area contributed by atoms with E-state index >= 15 is 0 Å². The number of benzene rings is 4. The third-order valence-electron chi connectivity index (χ3n) is 13.1. The number of nitrogens with one attached hydrogen (secondary N) is 1. The van der Waals surface area contributed by atoms with Crippen LogP contribution in [-0.4, -0.2) is 138 Å². The van der Waals surface area contributed by atoms with Gasteiger partial charge in [0.15, 0.2) is 17.4 Å². The molecule has 2 fully saturated rings. The van der Waals surface area contributed by atoms with E-state index in [9.17, 15) is 14.3 Å². The van der Waals surface area contributed by atoms with Gasteiger partial charge in [0.25, 0.3) is 5.56 Å². The fourth-order valence-corrected chi connectivity index (χ4v) is 10.1. The molecule has 0 bridgehead atoms. The average molecular weight is 1020 g/mol. The van der Waals surface area contributed by atoms with Crippen LogP contribution in [0.3, 0.4) is 0 Å². The monoisotopic (exact) mass is 1020 g/mol. The highest BCUT2D eigenvalue weighted by atomic mass is 31.2. The van der Waals surface area contributed by atoms with Gasteiger partial charge in [0.05, 0.1) is 33.8 Å². The van der Waals surface area contributed by atoms with Crippen molar-refractivity contribution in [2.45, 2.75) is 64.1 Å². The van der Waals surface area contributed by atoms with E-state index in [1.807, 2.05) is 99.0 Å². The Balaban J connectivity index is 0.000000948. The molecule has 0 saturated carbocycles. The molecule has 3 aromatic heterocycles. The fourth-order valence-electron chi connectivity index (χ4n) is 9.17. The van der Waals surface area contributed by atoms with Crippen LogP contribution in [-0.2, 0) is 46.6 Å². The van der Waals surface area contributed by atoms with Gasteiger partial charge in [-0.3, -0.25) is 18.9 Å². The number of methoxy groups -OCH3 is 2. The molecule has 2 N–H and O–H groups in total. The second-order valence-corrected chi connectivity index (χ2v) is 19.8. The Kier molecular flexibility index (Phi) is 17.0. The average Bonchev–Trinajstić information content (AvgIpc) is 4.24. The number of anilines is 1. The van der Waals surface area contributed by atoms with Crippen molar-refractivity contribution in [2.24, 2.45) is 0 Å². The van der Waals surface area contributed by atoms with E-state index < -0.39 is 50.6 Å². The van der Waals surface area contributed by atoms with Crippen LogP contribution in [0.5, 0.6) is 11.5 Å². The van der Waals surface area contributed by atoms with Crippen molar-refractivity contribution < 1.29 is 42.2 Å². The predicted octanol–water partition coefficient (Wildman–Crippen LogP) is 6.06. The Morgan fingerprint density at radius 3 is 2.03 bits per heavy atom. The van der Waals surface area contributed by atoms with Crippen LogP contribution in [0, 0.1) is 0 Å². The lowest BCUT2D eigenvalue weighted by Crippen LogP contribution is -2.40. The molecule has 19 nitrogen and oxygen atoms in total. The Bertz CT molecular complexity index is 2940. The van der Waals surface area contributed by atoms with Crippen molar-refractivity contribution in [3.05, 3.63) is 160 Å². The number of aromatic nitrogens is 6. The predicted molar refractivity (Wildman–Crippen MR) is 279 cm³/mol. The van der Waals surface area contributed by atoms with E-state index in [4.69, 9.17) is 37.8 Å². The van der Waals surface area contributed by atoms with Gasteiger partial charge >= 0.3 is 14.9 Å². The number of ether oxygens (including phenoxy) is 4. The zero-order valence-electron chi connectivity index (χ0n) is 42.8. The van der Waals surface area contributed by atoms with E-state index in [0.717, 1.165) is 37.6 Å². The number of fused-ring (bicyclic) bond motifs is 2. The SMILES string of the molecule is CCN(CC)CC.COc1ccc(C(OCc2ccc(CN(C)C)c(B3O[C@@H]4[C@H](O3)[C@@H](COP(=O)(O)n3ccnc3)O[C@H]4n3cnc4c(=O)[nH]c(N(C)C)nc43)c2)(c2ccccc2)c2ccc(OC)cc2)cc1. The van der Waals surface area contributed by atoms with Crippen molar-refractivity contribution in [1.82, 2.24) is 38.6 Å². The number of rotatable bonds is 20. The summed E-state index contributed by atoms with van der Waals surface area (Å²) >= 11 is 0. The van der Waals surface area contributed by atoms with E-state index in [1.165, 1.54) is 44.7 Å². The van der Waals surface area contributed by atoms with Crippen molar-refractivity contribution >= 4 is 37.4 Å². The molecule has 0 amide bonds. The second-order valence-electron chi connectivity index (χ2n) is 18.1. The highest BCUT2D eigenvalue weighted by Gasteiger charge is 2.56. The standard InChI is InChI=1S/C46H50BN8O10P.C6H15N/c1-52(2)25-31-13-12-30(26-61-46(32-10-8-7-9-11-32,33-14-18-35(59-5)19-15-33)34-16-20-36(60-6)21-17-34)24-37(31)47-64-40-38(27-62-66(57,58)54-23-22-48-28-54)63-44(41(40)65-47)55-29-49-39-42(55)50-45(53(3)4)51-43(39)56;1-4-7(5-2)6-3/h7-24,28-29,38,40-41,44H,25-27H2,1-6H3,(H,57,58)(H,50,51,56);4-6H2,1-3H3/t38-,40-,41-,44-;/m1./s1. The normalized spacial score (nSPS) is 18.4. The van der Waals surface area contributed by atoms with Gasteiger partial charge in [0.2, 0.25) is 5.95 Å². The van der Waals surface area contributed by atoms with Crippen molar-refractivity contribution in [3.8, 4) is 11.5 Å². The molecule has 386 valence electrons. The highest BCUT2D eigenvalue weighted by molar-refractivity contribution is 7.51. The summed E-state index contributed by atoms with van der Waals surface area (Å²) in [4.78, 5) is 45.8. The smallest absolute Gasteiger partial charge is 0.495 e. The lowest BCUT2D eigenvalue weighted by atomic mass is 9.75. The summed E-state index contributed by atoms with van der Waals surface area (Å²) in [6, 6.07) is 31.9. The van der Waals surface area contributed by atoms with Gasteiger partial charge in [0, 0.05) is 33.0 Å². The van der Waals surface area contributed by atoms with E-state index in [0.29, 0.717) is 24.0 Å². The van der Waals surface area contributed by atoms with Gasteiger partial charge in [-0.05, 0) is 91.3 Å². The largest absolute Gasteiger partial charge is 0.497 e. The molecule has 21 heteroatoms. The Morgan fingerprint density at radius 1 is 0.836 bits per heavy atom. The first-order valence-electron chi connectivity index (χ1n) is 24.3. The highest BCUT2D eigenvalue weighted by Crippen LogP contribution is 2.47. The quantitative estimate of drug-likeness (QED) is 0.0508. The summed E-state index contributed by atoms with van der Waals surface area (Å²) in [6.45, 7) is 10.5. The number of imidazole rings is 2. The molecule has 5 atom stereocenters. The molecular weight excluding hydrogens is 952 g/mol. The van der Waals surface area contributed by atoms with Gasteiger partial charge in [-0.15, -0.1) is 0 Å². The molecule has 0 radical (unpaired) electrons. The van der Waals surface area contributed by atoms with Crippen LogP contribution >= 0.6 is 7.75 Å². The third-order valence-corrected chi connectivity index (χ3v) is 14.4. The molecule has 4 aromatic carbocycles. The van der Waals surface area contributed by atoms with Crippen LogP contribution in [0.1, 0.15) is 54.8 Å². The topological polar surface area (TPSA) is 193 Å². The summed E-state index contributed by atoms with van der Waals surface area (Å²) in [5, 5.41) is 0. The molecule has 7 aromatic rings. The van der Waals surface area contributed by atoms with Crippen molar-refractivity contribution in [3.63, 3.8) is 0 Å². The number of nitrogens with zero attached hydrogens (tertiary/aromatic N) is 8. The van der Waals surface area contributed by atoms with E-state index in [-0.39, 0.29) is 24.4 Å². The Hall–Kier alpha value is -6.19. The molecule has 2 saturated heterocycles. The van der Waals surface area contributed by atoms with Gasteiger partial charge < -0.3 is 47.8 Å². The molecule has 9 rings (SSSR count). The summed E-state index contributed by atoms with van der Waals surface area (Å²) in [5.74, 6) is 1.74. The van der Waals surface area contributed by atoms with Crippen LogP contribution in [0.25, 0.3) is 11.2 Å². The van der Waals surface area contributed by atoms with Gasteiger partial charge in [-0.1, -0.05) is 93.6 Å². The lowest BCUT2D eigenvalue weighted by Gasteiger charge is -2.36. The minimum absolute atomic E-state index is 0.104. The first kappa shape index (κ1) is 53.1. The van der Waals surface area contributed by atoms with Crippen LogP contribution in [0.4, 0.5) is 5.95 Å². The number of hydrogen-bond donors (Lipinski definition) is 2. The van der Waals surface area contributed by atoms with Crippen LogP contribution in [0.15, 0.2) is 127 Å². The first-order chi connectivity index (χ1) is 35.2. The number of H-pyrrole nitrogens is 1. The summed E-state index contributed by atoms with van der Waals surface area (Å²) in [6.07, 6.45) is 1.95. The van der Waals surface area contributed by atoms with E-state index in [1.54, 1.807) is 37.8 Å². The number of hydrogen-bond acceptors (Lipinski definition) is 15. The minimum Gasteiger partial charge on any atom is -0.497 e. The second kappa shape index (κ2) is 23.4. The van der Waals surface area contributed by atoms with Crippen LogP contribution in [0.2, 0.25) is 0 Å². The maximum Gasteiger partial charge on any atom is 0.495 e. The van der Waals surface area contributed by atoms with Gasteiger partial charge in [-0.25, -0.2) is 18.9 Å². The molecule has 73 heavy (non-hydrogen) atoms. The first-order valence-corrected chi connectivity index (χ1v) is 25.8.